The van der Waals surface area contributed by atoms with Crippen LogP contribution in [-0.4, -0.2) is 14.5 Å². The van der Waals surface area contributed by atoms with E-state index >= 15 is 0 Å². The van der Waals surface area contributed by atoms with E-state index in [2.05, 4.69) is 16.9 Å². The van der Waals surface area contributed by atoms with Crippen LogP contribution in [0.4, 0.5) is 4.39 Å². The van der Waals surface area contributed by atoms with Crippen molar-refractivity contribution in [1.29, 1.82) is 0 Å². The van der Waals surface area contributed by atoms with Crippen molar-refractivity contribution in [2.75, 3.05) is 0 Å². The predicted octanol–water partition coefficient (Wildman–Crippen LogP) is 4.78. The average Bonchev–Trinajstić information content (AvgIpc) is 3.09. The molecule has 3 aromatic rings. The van der Waals surface area contributed by atoms with Gasteiger partial charge in [-0.2, -0.15) is 0 Å². The van der Waals surface area contributed by atoms with Gasteiger partial charge in [-0.3, -0.25) is 0 Å². The van der Waals surface area contributed by atoms with Crippen LogP contribution >= 0.6 is 45.5 Å². The van der Waals surface area contributed by atoms with E-state index in [4.69, 9.17) is 11.6 Å². The molecule has 110 valence electrons. The van der Waals surface area contributed by atoms with E-state index in [1.165, 1.54) is 6.07 Å². The van der Waals surface area contributed by atoms with Gasteiger partial charge in [0.2, 0.25) is 0 Å². The lowest BCUT2D eigenvalue weighted by Crippen LogP contribution is -2.09. The van der Waals surface area contributed by atoms with Crippen molar-refractivity contribution in [3.05, 3.63) is 43.9 Å². The molecule has 0 bridgehead atoms. The van der Waals surface area contributed by atoms with Gasteiger partial charge in [0.05, 0.1) is 25.5 Å². The molecule has 0 saturated carbocycles. The summed E-state index contributed by atoms with van der Waals surface area (Å²) in [5, 5.41) is 3.02. The van der Waals surface area contributed by atoms with Gasteiger partial charge in [-0.15, -0.1) is 22.9 Å². The van der Waals surface area contributed by atoms with Crippen LogP contribution in [0.3, 0.4) is 0 Å². The average molecular weight is 436 g/mol. The zero-order valence-electron chi connectivity index (χ0n) is 11.2. The van der Waals surface area contributed by atoms with Gasteiger partial charge in [0.25, 0.3) is 0 Å². The van der Waals surface area contributed by atoms with Crippen molar-refractivity contribution < 1.29 is 4.39 Å². The number of rotatable bonds is 4. The predicted molar refractivity (Wildman–Crippen MR) is 92.5 cm³/mol. The quantitative estimate of drug-likeness (QED) is 0.436. The van der Waals surface area contributed by atoms with Gasteiger partial charge >= 0.3 is 0 Å². The molecule has 0 radical (unpaired) electrons. The van der Waals surface area contributed by atoms with Gasteiger partial charge in [-0.05, 0) is 28.7 Å². The molecular weight excluding hydrogens is 424 g/mol. The number of imidazole rings is 1. The molecule has 0 saturated heterocycles. The van der Waals surface area contributed by atoms with Crippen LogP contribution in [0.2, 0.25) is 0 Å². The Balaban J connectivity index is 2.05. The summed E-state index contributed by atoms with van der Waals surface area (Å²) in [6.07, 6.45) is 1.80. The number of hydrogen-bond donors (Lipinski definition) is 0. The lowest BCUT2D eigenvalue weighted by Gasteiger charge is -2.12. The standard InChI is InChI=1S/C14H12ClFIN3S/c1-8(14-18-2-3-21-14)7-20-12-4-9(16)10(17)5-11(12)19-13(20)6-15/h2-5,8H,6-7H2,1H3. The maximum Gasteiger partial charge on any atom is 0.138 e. The van der Waals surface area contributed by atoms with Crippen LogP contribution < -0.4 is 0 Å². The number of thiazole rings is 1. The molecule has 0 aliphatic heterocycles. The molecule has 0 fully saturated rings. The Morgan fingerprint density at radius 1 is 1.48 bits per heavy atom. The Morgan fingerprint density at radius 2 is 2.29 bits per heavy atom. The first-order valence-electron chi connectivity index (χ1n) is 6.39. The fraction of sp³-hybridized carbons (Fsp3) is 0.286. The van der Waals surface area contributed by atoms with E-state index in [-0.39, 0.29) is 11.7 Å². The summed E-state index contributed by atoms with van der Waals surface area (Å²) in [4.78, 5) is 8.85. The van der Waals surface area contributed by atoms with Crippen molar-refractivity contribution in [2.24, 2.45) is 0 Å². The molecule has 2 heterocycles. The third kappa shape index (κ3) is 2.93. The van der Waals surface area contributed by atoms with Crippen LogP contribution in [0.1, 0.15) is 23.7 Å². The minimum atomic E-state index is -0.229. The molecule has 1 unspecified atom stereocenters. The normalized spacial score (nSPS) is 13.0. The second kappa shape index (κ2) is 6.18. The second-order valence-electron chi connectivity index (χ2n) is 4.80. The van der Waals surface area contributed by atoms with Crippen molar-refractivity contribution in [2.45, 2.75) is 25.3 Å². The summed E-state index contributed by atoms with van der Waals surface area (Å²) < 4.78 is 16.4. The Kier molecular flexibility index (Phi) is 4.46. The van der Waals surface area contributed by atoms with Gasteiger partial charge < -0.3 is 4.57 Å². The Bertz CT molecular complexity index is 772. The lowest BCUT2D eigenvalue weighted by molar-refractivity contribution is 0.588. The molecule has 3 nitrogen and oxygen atoms in total. The number of alkyl halides is 1. The smallest absolute Gasteiger partial charge is 0.138 e. The number of fused-ring (bicyclic) bond motifs is 1. The van der Waals surface area contributed by atoms with Gasteiger partial charge in [0.1, 0.15) is 11.6 Å². The summed E-state index contributed by atoms with van der Waals surface area (Å²) in [6, 6.07) is 3.29. The van der Waals surface area contributed by atoms with Crippen molar-refractivity contribution in [3.8, 4) is 0 Å². The number of benzene rings is 1. The van der Waals surface area contributed by atoms with Crippen molar-refractivity contribution in [1.82, 2.24) is 14.5 Å². The highest BCUT2D eigenvalue weighted by Gasteiger charge is 2.17. The van der Waals surface area contributed by atoms with Crippen LogP contribution in [0.15, 0.2) is 23.7 Å². The Labute approximate surface area is 144 Å². The van der Waals surface area contributed by atoms with Crippen molar-refractivity contribution >= 4 is 56.6 Å². The fourth-order valence-electron chi connectivity index (χ4n) is 2.31. The van der Waals surface area contributed by atoms with Crippen molar-refractivity contribution in [3.63, 3.8) is 0 Å². The number of aromatic nitrogens is 3. The minimum absolute atomic E-state index is 0.228. The minimum Gasteiger partial charge on any atom is -0.326 e. The summed E-state index contributed by atoms with van der Waals surface area (Å²) >= 11 is 9.60. The third-order valence-corrected chi connectivity index (χ3v) is 5.39. The molecule has 7 heteroatoms. The topological polar surface area (TPSA) is 30.7 Å². The maximum absolute atomic E-state index is 13.9. The van der Waals surface area contributed by atoms with Crippen LogP contribution in [0, 0.1) is 9.39 Å². The van der Waals surface area contributed by atoms with Crippen LogP contribution in [0.25, 0.3) is 11.0 Å². The van der Waals surface area contributed by atoms with Crippen LogP contribution in [0.5, 0.6) is 0 Å². The molecule has 2 aromatic heterocycles. The SMILES string of the molecule is CC(Cn1c(CCl)nc2cc(I)c(F)cc21)c1nccs1. The molecule has 3 rings (SSSR count). The Hall–Kier alpha value is -0.730. The van der Waals surface area contributed by atoms with Gasteiger partial charge in [0, 0.05) is 30.1 Å². The van der Waals surface area contributed by atoms with E-state index in [1.807, 2.05) is 32.5 Å². The highest BCUT2D eigenvalue weighted by molar-refractivity contribution is 14.1. The van der Waals surface area contributed by atoms with E-state index < -0.39 is 0 Å². The molecule has 0 aliphatic carbocycles. The highest BCUT2D eigenvalue weighted by Crippen LogP contribution is 2.26. The fourth-order valence-corrected chi connectivity index (χ4v) is 3.65. The van der Waals surface area contributed by atoms with E-state index in [0.29, 0.717) is 16.0 Å². The van der Waals surface area contributed by atoms with Gasteiger partial charge in [-0.1, -0.05) is 6.92 Å². The van der Waals surface area contributed by atoms with E-state index in [9.17, 15) is 4.39 Å². The number of halogens is 3. The van der Waals surface area contributed by atoms with E-state index in [1.54, 1.807) is 23.6 Å². The molecule has 0 spiro atoms. The molecular formula is C14H12ClFIN3S. The first-order valence-corrected chi connectivity index (χ1v) is 8.89. The van der Waals surface area contributed by atoms with Gasteiger partial charge in [0.15, 0.2) is 0 Å². The molecule has 0 N–H and O–H groups in total. The Morgan fingerprint density at radius 3 is 2.95 bits per heavy atom. The monoisotopic (exact) mass is 435 g/mol. The van der Waals surface area contributed by atoms with E-state index in [0.717, 1.165) is 21.9 Å². The van der Waals surface area contributed by atoms with Crippen LogP contribution in [-0.2, 0) is 12.4 Å². The first kappa shape index (κ1) is 15.2. The number of hydrogen-bond acceptors (Lipinski definition) is 3. The largest absolute Gasteiger partial charge is 0.326 e. The maximum atomic E-state index is 13.9. The summed E-state index contributed by atoms with van der Waals surface area (Å²) in [5.41, 5.74) is 1.56. The molecule has 0 amide bonds. The highest BCUT2D eigenvalue weighted by atomic mass is 127. The first-order chi connectivity index (χ1) is 10.1. The lowest BCUT2D eigenvalue weighted by atomic mass is 10.2. The summed E-state index contributed by atoms with van der Waals surface area (Å²) in [7, 11) is 0. The zero-order valence-corrected chi connectivity index (χ0v) is 14.9. The molecule has 1 atom stereocenters. The molecule has 0 aliphatic rings. The molecule has 1 aromatic carbocycles. The zero-order chi connectivity index (χ0) is 15.0. The number of nitrogens with zero attached hydrogens (tertiary/aromatic N) is 3. The van der Waals surface area contributed by atoms with Gasteiger partial charge in [-0.25, -0.2) is 14.4 Å². The molecule has 21 heavy (non-hydrogen) atoms. The summed E-state index contributed by atoms with van der Waals surface area (Å²) in [6.45, 7) is 2.79. The second-order valence-corrected chi connectivity index (χ2v) is 7.15. The summed E-state index contributed by atoms with van der Waals surface area (Å²) in [5.74, 6) is 1.06. The third-order valence-electron chi connectivity index (χ3n) is 3.32.